The first-order valence-corrected chi connectivity index (χ1v) is 22.1. The molecule has 4 heterocycles. The molecule has 1 aromatic carbocycles. The monoisotopic (exact) mass is 733 g/mol. The van der Waals surface area contributed by atoms with E-state index in [1.165, 1.54) is 0 Å². The fourth-order valence-electron chi connectivity index (χ4n) is 7.97. The minimum absolute atomic E-state index is 0.0394. The number of nitrogen functional groups attached to an aromatic ring is 1. The fourth-order valence-corrected chi connectivity index (χ4v) is 21.8. The molecule has 2 aromatic heterocycles. The molecular formula is C33H48ClN5O6SSi2. The van der Waals surface area contributed by atoms with Gasteiger partial charge >= 0.3 is 23.1 Å². The van der Waals surface area contributed by atoms with Crippen LogP contribution in [0.15, 0.2) is 30.6 Å². The maximum absolute atomic E-state index is 14.1. The van der Waals surface area contributed by atoms with Crippen molar-refractivity contribution in [2.75, 3.05) is 12.8 Å². The summed E-state index contributed by atoms with van der Waals surface area (Å²) in [6.45, 7) is 17.8. The van der Waals surface area contributed by atoms with Crippen molar-refractivity contribution in [2.45, 2.75) is 125 Å². The van der Waals surface area contributed by atoms with Gasteiger partial charge in [0.1, 0.15) is 22.7 Å². The molecule has 2 aliphatic heterocycles. The van der Waals surface area contributed by atoms with E-state index < -0.39 is 45.4 Å². The zero-order valence-corrected chi connectivity index (χ0v) is 32.8. The number of halogens is 1. The van der Waals surface area contributed by atoms with Crippen LogP contribution >= 0.6 is 23.4 Å². The van der Waals surface area contributed by atoms with Crippen molar-refractivity contribution in [3.63, 3.8) is 0 Å². The van der Waals surface area contributed by atoms with E-state index in [0.29, 0.717) is 22.5 Å². The second kappa shape index (κ2) is 13.2. The fraction of sp³-hybridized carbons (Fsp3) is 0.636. The average Bonchev–Trinajstić information content (AvgIpc) is 3.70. The zero-order chi connectivity index (χ0) is 34.8. The van der Waals surface area contributed by atoms with Crippen LogP contribution in [-0.2, 0) is 17.7 Å². The molecule has 3 aliphatic rings. The number of esters is 1. The second-order valence-electron chi connectivity index (χ2n) is 14.5. The van der Waals surface area contributed by atoms with Crippen LogP contribution in [0.5, 0.6) is 5.75 Å². The number of aromatic nitrogens is 4. The van der Waals surface area contributed by atoms with Gasteiger partial charge in [-0.2, -0.15) is 9.97 Å². The Labute approximate surface area is 294 Å². The van der Waals surface area contributed by atoms with E-state index in [-0.39, 0.29) is 39.4 Å². The van der Waals surface area contributed by atoms with Gasteiger partial charge in [0.25, 0.3) is 0 Å². The topological polar surface area (TPSA) is 133 Å². The van der Waals surface area contributed by atoms with Crippen molar-refractivity contribution in [1.29, 1.82) is 0 Å². The Hall–Kier alpha value is -2.21. The van der Waals surface area contributed by atoms with Gasteiger partial charge in [-0.15, -0.1) is 11.8 Å². The first kappa shape index (κ1) is 35.6. The molecule has 2 N–H and O–H groups in total. The van der Waals surface area contributed by atoms with Gasteiger partial charge in [-0.3, -0.25) is 0 Å². The van der Waals surface area contributed by atoms with Gasteiger partial charge in [-0.25, -0.2) is 9.78 Å². The standard InChI is InChI=1S/C33H48ClN5O6SSi2/c1-18(2)47(19(3)4)43-24-11-10-16-33(24)27(44-48(45-47,20(5)6)21(7)8)26(42-31(40)22-12-14-23(41-9)15-13-22)30(46-33)39-17-36-29-25(39)28(34)37-32(35)38-29/h12-15,17-21,24,26-27,30H,10-11,16H2,1-9H3,(H2,35,37,38)/t24-,26+,27-,30+,33?/m0/s1. The summed E-state index contributed by atoms with van der Waals surface area (Å²) in [5, 5.41) is -0.297. The summed E-state index contributed by atoms with van der Waals surface area (Å²) < 4.78 is 36.2. The number of nitrogens with two attached hydrogens (primary N) is 1. The number of benzene rings is 1. The summed E-state index contributed by atoms with van der Waals surface area (Å²) in [5.74, 6) is 0.230. The maximum atomic E-state index is 14.1. The Bertz CT molecular complexity index is 1640. The number of nitrogens with zero attached hydrogens (tertiary/aromatic N) is 4. The van der Waals surface area contributed by atoms with E-state index >= 15 is 0 Å². The Morgan fingerprint density at radius 2 is 1.65 bits per heavy atom. The summed E-state index contributed by atoms with van der Waals surface area (Å²) in [5.41, 5.74) is 7.85. The lowest BCUT2D eigenvalue weighted by molar-refractivity contribution is -0.0586. The predicted molar refractivity (Wildman–Crippen MR) is 193 cm³/mol. The third-order valence-corrected chi connectivity index (χ3v) is 22.8. The van der Waals surface area contributed by atoms with E-state index in [9.17, 15) is 4.79 Å². The normalized spacial score (nSPS) is 28.1. The number of rotatable bonds is 8. The van der Waals surface area contributed by atoms with Gasteiger partial charge < -0.3 is 32.7 Å². The molecule has 2 saturated heterocycles. The lowest BCUT2D eigenvalue weighted by atomic mass is 9.93. The van der Waals surface area contributed by atoms with E-state index in [4.69, 9.17) is 39.8 Å². The number of anilines is 1. The highest BCUT2D eigenvalue weighted by Crippen LogP contribution is 2.64. The molecule has 0 bridgehead atoms. The summed E-state index contributed by atoms with van der Waals surface area (Å²) in [7, 11) is -4.35. The first-order chi connectivity index (χ1) is 22.7. The lowest BCUT2D eigenvalue weighted by Gasteiger charge is -2.55. The SMILES string of the molecule is COc1ccc(C(=O)O[C@H]2[C@H](n3cnc4nc(N)nc(Cl)c43)SC34CCC[C@@H]3O[Si](C(C)C)(C(C)C)O[Si](C(C)C)(C(C)C)O[C@@H]24)cc1. The van der Waals surface area contributed by atoms with Crippen molar-refractivity contribution in [1.82, 2.24) is 19.5 Å². The van der Waals surface area contributed by atoms with Crippen LogP contribution < -0.4 is 10.5 Å². The number of carbonyl (C=O) groups is 1. The minimum Gasteiger partial charge on any atom is -0.497 e. The molecule has 1 aliphatic carbocycles. The summed E-state index contributed by atoms with van der Waals surface area (Å²) >= 11 is 8.47. The van der Waals surface area contributed by atoms with Gasteiger partial charge in [0.2, 0.25) is 5.95 Å². The Morgan fingerprint density at radius 3 is 2.25 bits per heavy atom. The summed E-state index contributed by atoms with van der Waals surface area (Å²) in [6.07, 6.45) is 2.89. The summed E-state index contributed by atoms with van der Waals surface area (Å²) in [4.78, 5) is 27.2. The Morgan fingerprint density at radius 1 is 1.02 bits per heavy atom. The van der Waals surface area contributed by atoms with Crippen molar-refractivity contribution >= 4 is 63.6 Å². The molecule has 11 nitrogen and oxygen atoms in total. The van der Waals surface area contributed by atoms with E-state index in [1.807, 2.05) is 4.57 Å². The molecule has 262 valence electrons. The first-order valence-electron chi connectivity index (χ1n) is 16.9. The largest absolute Gasteiger partial charge is 0.497 e. The Balaban J connectivity index is 1.55. The number of thioether (sulfide) groups is 1. The molecule has 15 heteroatoms. The van der Waals surface area contributed by atoms with Gasteiger partial charge in [0.05, 0.1) is 29.9 Å². The molecule has 0 amide bonds. The quantitative estimate of drug-likeness (QED) is 0.138. The van der Waals surface area contributed by atoms with Gasteiger partial charge in [-0.05, 0) is 65.7 Å². The molecule has 5 atom stereocenters. The molecule has 3 aromatic rings. The molecule has 48 heavy (non-hydrogen) atoms. The van der Waals surface area contributed by atoms with Crippen LogP contribution in [0.25, 0.3) is 11.2 Å². The number of carbonyl (C=O) groups excluding carboxylic acids is 1. The van der Waals surface area contributed by atoms with Crippen molar-refractivity contribution in [3.05, 3.63) is 41.3 Å². The third kappa shape index (κ3) is 5.68. The van der Waals surface area contributed by atoms with Crippen LogP contribution in [0.3, 0.4) is 0 Å². The highest BCUT2D eigenvalue weighted by molar-refractivity contribution is 8.01. The van der Waals surface area contributed by atoms with E-state index in [2.05, 4.69) is 70.3 Å². The number of methoxy groups -OCH3 is 1. The van der Waals surface area contributed by atoms with Crippen molar-refractivity contribution in [2.24, 2.45) is 0 Å². The highest BCUT2D eigenvalue weighted by Gasteiger charge is 2.70. The van der Waals surface area contributed by atoms with Gasteiger partial charge in [0.15, 0.2) is 16.9 Å². The third-order valence-electron chi connectivity index (χ3n) is 10.4. The molecule has 0 radical (unpaired) electrons. The van der Waals surface area contributed by atoms with Crippen LogP contribution in [0.1, 0.15) is 90.4 Å². The second-order valence-corrected chi connectivity index (χ2v) is 25.1. The van der Waals surface area contributed by atoms with Crippen molar-refractivity contribution in [3.8, 4) is 5.75 Å². The molecule has 1 spiro atoms. The number of ether oxygens (including phenoxy) is 2. The smallest absolute Gasteiger partial charge is 0.338 e. The Kier molecular flexibility index (Phi) is 9.76. The van der Waals surface area contributed by atoms with Crippen LogP contribution in [0.4, 0.5) is 5.95 Å². The molecule has 3 fully saturated rings. The summed E-state index contributed by atoms with van der Waals surface area (Å²) in [6, 6.07) is 6.93. The zero-order valence-electron chi connectivity index (χ0n) is 29.2. The van der Waals surface area contributed by atoms with Crippen LogP contribution in [0.2, 0.25) is 27.3 Å². The van der Waals surface area contributed by atoms with Gasteiger partial charge in [-0.1, -0.05) is 67.0 Å². The van der Waals surface area contributed by atoms with E-state index in [0.717, 1.165) is 19.3 Å². The van der Waals surface area contributed by atoms with Gasteiger partial charge in [0, 0.05) is 0 Å². The molecule has 1 saturated carbocycles. The van der Waals surface area contributed by atoms with Crippen LogP contribution in [-0.4, -0.2) is 72.8 Å². The highest BCUT2D eigenvalue weighted by atomic mass is 35.5. The van der Waals surface area contributed by atoms with Crippen molar-refractivity contribution < 1.29 is 27.2 Å². The molecular weight excluding hydrogens is 686 g/mol. The average molecular weight is 734 g/mol. The number of imidazole rings is 1. The van der Waals surface area contributed by atoms with E-state index in [1.54, 1.807) is 49.5 Å². The molecule has 6 rings (SSSR count). The number of fused-ring (bicyclic) bond motifs is 1. The molecule has 1 unspecified atom stereocenters. The predicted octanol–water partition coefficient (Wildman–Crippen LogP) is 7.79. The lowest BCUT2D eigenvalue weighted by Crippen LogP contribution is -2.69. The minimum atomic E-state index is -3.08. The number of hydrogen-bond acceptors (Lipinski definition) is 11. The maximum Gasteiger partial charge on any atom is 0.338 e. The number of hydrogen-bond donors (Lipinski definition) is 1. The van der Waals surface area contributed by atoms with Crippen LogP contribution in [0, 0.1) is 0 Å².